The van der Waals surface area contributed by atoms with Crippen LogP contribution in [0.1, 0.15) is 0 Å². The van der Waals surface area contributed by atoms with Crippen LogP contribution in [0.25, 0.3) is 10.9 Å². The SMILES string of the molecule is Nc1cccc2c1ccn2S. The van der Waals surface area contributed by atoms with Crippen LogP contribution in [-0.4, -0.2) is 3.97 Å². The van der Waals surface area contributed by atoms with Crippen LogP contribution >= 0.6 is 12.8 Å². The van der Waals surface area contributed by atoms with E-state index < -0.39 is 0 Å². The van der Waals surface area contributed by atoms with E-state index in [2.05, 4.69) is 12.8 Å². The number of aromatic nitrogens is 1. The molecule has 3 heteroatoms. The molecule has 0 bridgehead atoms. The van der Waals surface area contributed by atoms with Crippen LogP contribution in [0.5, 0.6) is 0 Å². The highest BCUT2D eigenvalue weighted by Crippen LogP contribution is 2.21. The van der Waals surface area contributed by atoms with Crippen molar-refractivity contribution < 1.29 is 0 Å². The third-order valence-electron chi connectivity index (χ3n) is 1.75. The van der Waals surface area contributed by atoms with Crippen molar-refractivity contribution in [1.29, 1.82) is 0 Å². The summed E-state index contributed by atoms with van der Waals surface area (Å²) in [6.07, 6.45) is 1.88. The van der Waals surface area contributed by atoms with Crippen LogP contribution in [0.2, 0.25) is 0 Å². The van der Waals surface area contributed by atoms with Gasteiger partial charge in [0.05, 0.1) is 5.52 Å². The molecule has 1 aromatic carbocycles. The maximum atomic E-state index is 5.72. The average Bonchev–Trinajstić information content (AvgIpc) is 2.35. The summed E-state index contributed by atoms with van der Waals surface area (Å²) >= 11 is 4.21. The van der Waals surface area contributed by atoms with Gasteiger partial charge in [0.25, 0.3) is 0 Å². The van der Waals surface area contributed by atoms with E-state index in [0.29, 0.717) is 0 Å². The number of fused-ring (bicyclic) bond motifs is 1. The molecule has 11 heavy (non-hydrogen) atoms. The average molecular weight is 164 g/mol. The zero-order valence-corrected chi connectivity index (χ0v) is 6.75. The lowest BCUT2D eigenvalue weighted by Gasteiger charge is -1.96. The molecular formula is C8H8N2S. The van der Waals surface area contributed by atoms with E-state index in [1.807, 2.05) is 30.5 Å². The molecule has 0 aliphatic heterocycles. The molecule has 2 N–H and O–H groups in total. The fourth-order valence-corrected chi connectivity index (χ4v) is 1.42. The summed E-state index contributed by atoms with van der Waals surface area (Å²) in [5, 5.41) is 1.06. The monoisotopic (exact) mass is 164 g/mol. The lowest BCUT2D eigenvalue weighted by atomic mass is 10.2. The van der Waals surface area contributed by atoms with Crippen LogP contribution < -0.4 is 5.73 Å². The van der Waals surface area contributed by atoms with E-state index in [-0.39, 0.29) is 0 Å². The summed E-state index contributed by atoms with van der Waals surface area (Å²) in [6, 6.07) is 7.75. The Balaban J connectivity index is 2.94. The molecule has 0 radical (unpaired) electrons. The Morgan fingerprint density at radius 2 is 2.09 bits per heavy atom. The molecular weight excluding hydrogens is 156 g/mol. The van der Waals surface area contributed by atoms with Crippen molar-refractivity contribution in [2.45, 2.75) is 0 Å². The predicted octanol–water partition coefficient (Wildman–Crippen LogP) is 1.92. The topological polar surface area (TPSA) is 30.9 Å². The van der Waals surface area contributed by atoms with E-state index in [1.165, 1.54) is 0 Å². The van der Waals surface area contributed by atoms with Gasteiger partial charge in [-0.1, -0.05) is 18.9 Å². The van der Waals surface area contributed by atoms with Gasteiger partial charge >= 0.3 is 0 Å². The third kappa shape index (κ3) is 0.886. The first kappa shape index (κ1) is 6.61. The molecule has 0 aliphatic carbocycles. The number of benzene rings is 1. The highest BCUT2D eigenvalue weighted by molar-refractivity contribution is 7.78. The minimum Gasteiger partial charge on any atom is -0.398 e. The summed E-state index contributed by atoms with van der Waals surface area (Å²) in [5.41, 5.74) is 7.57. The number of nitrogens with zero attached hydrogens (tertiary/aromatic N) is 1. The van der Waals surface area contributed by atoms with Gasteiger partial charge in [-0.2, -0.15) is 0 Å². The molecule has 0 fully saturated rings. The number of thiol groups is 1. The van der Waals surface area contributed by atoms with Crippen LogP contribution in [0.15, 0.2) is 30.5 Å². The van der Waals surface area contributed by atoms with Gasteiger partial charge in [-0.3, -0.25) is 3.97 Å². The Bertz CT molecular complexity index is 392. The van der Waals surface area contributed by atoms with Gasteiger partial charge < -0.3 is 5.73 Å². The maximum Gasteiger partial charge on any atom is 0.0609 e. The van der Waals surface area contributed by atoms with Crippen LogP contribution in [0, 0.1) is 0 Å². The quantitative estimate of drug-likeness (QED) is 0.452. The molecule has 1 aromatic heterocycles. The molecule has 0 saturated heterocycles. The van der Waals surface area contributed by atoms with Crippen molar-refractivity contribution in [1.82, 2.24) is 3.97 Å². The largest absolute Gasteiger partial charge is 0.398 e. The van der Waals surface area contributed by atoms with Crippen molar-refractivity contribution in [3.05, 3.63) is 30.5 Å². The first-order chi connectivity index (χ1) is 5.29. The molecule has 0 spiro atoms. The van der Waals surface area contributed by atoms with Crippen LogP contribution in [-0.2, 0) is 0 Å². The number of anilines is 1. The Kier molecular flexibility index (Phi) is 1.32. The van der Waals surface area contributed by atoms with Gasteiger partial charge in [0, 0.05) is 17.3 Å². The van der Waals surface area contributed by atoms with Crippen molar-refractivity contribution in [2.24, 2.45) is 0 Å². The fraction of sp³-hybridized carbons (Fsp3) is 0. The Hall–Kier alpha value is -1.09. The van der Waals surface area contributed by atoms with E-state index in [9.17, 15) is 0 Å². The minimum atomic E-state index is 0.801. The van der Waals surface area contributed by atoms with Gasteiger partial charge in [0.1, 0.15) is 0 Å². The van der Waals surface area contributed by atoms with Gasteiger partial charge in [0.15, 0.2) is 0 Å². The highest BCUT2D eigenvalue weighted by Gasteiger charge is 1.98. The summed E-state index contributed by atoms with van der Waals surface area (Å²) in [4.78, 5) is 0. The minimum absolute atomic E-state index is 0.801. The smallest absolute Gasteiger partial charge is 0.0609 e. The second-order valence-corrected chi connectivity index (χ2v) is 2.87. The zero-order valence-electron chi connectivity index (χ0n) is 5.86. The molecule has 0 unspecified atom stereocenters. The molecule has 2 rings (SSSR count). The highest BCUT2D eigenvalue weighted by atomic mass is 32.1. The lowest BCUT2D eigenvalue weighted by molar-refractivity contribution is 1.37. The van der Waals surface area contributed by atoms with Crippen molar-refractivity contribution in [3.63, 3.8) is 0 Å². The van der Waals surface area contributed by atoms with E-state index in [4.69, 9.17) is 5.73 Å². The van der Waals surface area contributed by atoms with E-state index >= 15 is 0 Å². The molecule has 56 valence electrons. The van der Waals surface area contributed by atoms with Crippen LogP contribution in [0.3, 0.4) is 0 Å². The third-order valence-corrected chi connectivity index (χ3v) is 2.09. The normalized spacial score (nSPS) is 10.6. The van der Waals surface area contributed by atoms with Gasteiger partial charge in [-0.05, 0) is 18.2 Å². The Labute approximate surface area is 70.2 Å². The lowest BCUT2D eigenvalue weighted by Crippen LogP contribution is -1.84. The van der Waals surface area contributed by atoms with Crippen LogP contribution in [0.4, 0.5) is 5.69 Å². The fourth-order valence-electron chi connectivity index (χ4n) is 1.18. The predicted molar refractivity (Wildman–Crippen MR) is 50.7 cm³/mol. The van der Waals surface area contributed by atoms with Crippen molar-refractivity contribution in [2.75, 3.05) is 5.73 Å². The summed E-state index contributed by atoms with van der Waals surface area (Å²) in [5.74, 6) is 0. The Morgan fingerprint density at radius 1 is 1.27 bits per heavy atom. The van der Waals surface area contributed by atoms with Gasteiger partial charge in [-0.25, -0.2) is 0 Å². The van der Waals surface area contributed by atoms with Crippen molar-refractivity contribution >= 4 is 29.4 Å². The number of nitrogen functional groups attached to an aromatic ring is 1. The molecule has 1 heterocycles. The zero-order chi connectivity index (χ0) is 7.84. The first-order valence-electron chi connectivity index (χ1n) is 3.34. The van der Waals surface area contributed by atoms with Gasteiger partial charge in [-0.15, -0.1) is 0 Å². The number of nitrogens with two attached hydrogens (primary N) is 1. The summed E-state index contributed by atoms with van der Waals surface area (Å²) < 4.78 is 1.76. The number of hydrogen-bond donors (Lipinski definition) is 2. The van der Waals surface area contributed by atoms with E-state index in [1.54, 1.807) is 3.97 Å². The maximum absolute atomic E-state index is 5.72. The molecule has 2 aromatic rings. The standard InChI is InChI=1S/C8H8N2S/c9-7-2-1-3-8-6(7)4-5-10(8)11/h1-5,11H,9H2. The molecule has 0 amide bonds. The van der Waals surface area contributed by atoms with Crippen molar-refractivity contribution in [3.8, 4) is 0 Å². The second-order valence-electron chi connectivity index (χ2n) is 2.44. The number of hydrogen-bond acceptors (Lipinski definition) is 2. The van der Waals surface area contributed by atoms with E-state index in [0.717, 1.165) is 16.6 Å². The summed E-state index contributed by atoms with van der Waals surface area (Å²) in [7, 11) is 0. The molecule has 2 nitrogen and oxygen atoms in total. The first-order valence-corrected chi connectivity index (χ1v) is 3.74. The molecule has 0 aliphatic rings. The summed E-state index contributed by atoms with van der Waals surface area (Å²) in [6.45, 7) is 0. The number of rotatable bonds is 0. The molecule has 0 saturated carbocycles. The van der Waals surface area contributed by atoms with Gasteiger partial charge in [0.2, 0.25) is 0 Å². The second kappa shape index (κ2) is 2.20. The molecule has 0 atom stereocenters. The Morgan fingerprint density at radius 3 is 2.82 bits per heavy atom.